The number of carbonyl (C=O) groups excluding carboxylic acids is 1. The molecule has 2 aromatic rings. The highest BCUT2D eigenvalue weighted by Crippen LogP contribution is 2.26. The summed E-state index contributed by atoms with van der Waals surface area (Å²) in [7, 11) is 0. The standard InChI is InChI=1S/C19H25N5O/c20-15-5-3-4-14(12-15)19(25)21-16-9-7-13(8-10-16)18-23-22-17-6-1-2-11-24(17)18/h7-10,14-15H,1-6,11-12,20H2,(H,21,25). The smallest absolute Gasteiger partial charge is 0.227 e. The highest BCUT2D eigenvalue weighted by atomic mass is 16.1. The van der Waals surface area contributed by atoms with E-state index in [0.717, 1.165) is 61.5 Å². The topological polar surface area (TPSA) is 85.8 Å². The Kier molecular flexibility index (Phi) is 4.53. The van der Waals surface area contributed by atoms with Crippen LogP contribution in [0.15, 0.2) is 24.3 Å². The molecular weight excluding hydrogens is 314 g/mol. The van der Waals surface area contributed by atoms with E-state index >= 15 is 0 Å². The zero-order valence-electron chi connectivity index (χ0n) is 14.4. The molecule has 2 heterocycles. The molecule has 1 saturated carbocycles. The van der Waals surface area contributed by atoms with Crippen LogP contribution in [0.5, 0.6) is 0 Å². The van der Waals surface area contributed by atoms with Crippen molar-refractivity contribution in [3.63, 3.8) is 0 Å². The van der Waals surface area contributed by atoms with Crippen LogP contribution in [-0.2, 0) is 17.8 Å². The van der Waals surface area contributed by atoms with Gasteiger partial charge in [-0.3, -0.25) is 4.79 Å². The number of benzene rings is 1. The molecule has 132 valence electrons. The fraction of sp³-hybridized carbons (Fsp3) is 0.526. The summed E-state index contributed by atoms with van der Waals surface area (Å²) >= 11 is 0. The van der Waals surface area contributed by atoms with Crippen molar-refractivity contribution in [3.05, 3.63) is 30.1 Å². The molecule has 6 nitrogen and oxygen atoms in total. The summed E-state index contributed by atoms with van der Waals surface area (Å²) in [4.78, 5) is 12.4. The van der Waals surface area contributed by atoms with Gasteiger partial charge in [0.25, 0.3) is 0 Å². The first-order valence-electron chi connectivity index (χ1n) is 9.29. The van der Waals surface area contributed by atoms with Crippen molar-refractivity contribution >= 4 is 11.6 Å². The van der Waals surface area contributed by atoms with Gasteiger partial charge in [-0.05, 0) is 56.4 Å². The van der Waals surface area contributed by atoms with Crippen molar-refractivity contribution in [1.29, 1.82) is 0 Å². The Hall–Kier alpha value is -2.21. The lowest BCUT2D eigenvalue weighted by Gasteiger charge is -2.25. The number of anilines is 1. The zero-order valence-corrected chi connectivity index (χ0v) is 14.4. The number of aromatic nitrogens is 3. The molecule has 0 bridgehead atoms. The number of amides is 1. The Morgan fingerprint density at radius 1 is 1.12 bits per heavy atom. The van der Waals surface area contributed by atoms with E-state index in [9.17, 15) is 4.79 Å². The van der Waals surface area contributed by atoms with Crippen molar-refractivity contribution in [2.45, 2.75) is 57.5 Å². The lowest BCUT2D eigenvalue weighted by Crippen LogP contribution is -2.34. The van der Waals surface area contributed by atoms with Crippen LogP contribution in [0, 0.1) is 5.92 Å². The fourth-order valence-electron chi connectivity index (χ4n) is 3.93. The first-order chi connectivity index (χ1) is 12.2. The molecule has 25 heavy (non-hydrogen) atoms. The van der Waals surface area contributed by atoms with Crippen LogP contribution in [-0.4, -0.2) is 26.7 Å². The highest BCUT2D eigenvalue weighted by Gasteiger charge is 2.25. The maximum atomic E-state index is 12.4. The number of carbonyl (C=O) groups is 1. The molecule has 2 aliphatic rings. The van der Waals surface area contributed by atoms with E-state index in [1.54, 1.807) is 0 Å². The predicted octanol–water partition coefficient (Wildman–Crippen LogP) is 2.74. The normalized spacial score (nSPS) is 23.1. The Bertz CT molecular complexity index is 752. The molecule has 2 atom stereocenters. The van der Waals surface area contributed by atoms with Gasteiger partial charge in [-0.2, -0.15) is 0 Å². The van der Waals surface area contributed by atoms with Crippen LogP contribution in [0.1, 0.15) is 44.3 Å². The lowest BCUT2D eigenvalue weighted by atomic mass is 9.85. The molecular formula is C19H25N5O. The summed E-state index contributed by atoms with van der Waals surface area (Å²) < 4.78 is 2.21. The summed E-state index contributed by atoms with van der Waals surface area (Å²) in [6, 6.07) is 8.06. The van der Waals surface area contributed by atoms with Crippen LogP contribution >= 0.6 is 0 Å². The van der Waals surface area contributed by atoms with E-state index in [1.165, 1.54) is 12.8 Å². The van der Waals surface area contributed by atoms with Crippen LogP contribution in [0.3, 0.4) is 0 Å². The maximum Gasteiger partial charge on any atom is 0.227 e. The first-order valence-corrected chi connectivity index (χ1v) is 9.29. The van der Waals surface area contributed by atoms with Gasteiger partial charge in [-0.15, -0.1) is 10.2 Å². The summed E-state index contributed by atoms with van der Waals surface area (Å²) in [5.74, 6) is 2.12. The molecule has 1 amide bonds. The monoisotopic (exact) mass is 339 g/mol. The number of nitrogens with two attached hydrogens (primary N) is 1. The summed E-state index contributed by atoms with van der Waals surface area (Å²) in [5, 5.41) is 11.7. The molecule has 6 heteroatoms. The fourth-order valence-corrected chi connectivity index (χ4v) is 3.93. The minimum Gasteiger partial charge on any atom is -0.328 e. The second kappa shape index (κ2) is 6.96. The van der Waals surface area contributed by atoms with E-state index < -0.39 is 0 Å². The van der Waals surface area contributed by atoms with Crippen molar-refractivity contribution in [2.75, 3.05) is 5.32 Å². The number of aryl methyl sites for hydroxylation is 1. The summed E-state index contributed by atoms with van der Waals surface area (Å²) in [6.45, 7) is 0.984. The maximum absolute atomic E-state index is 12.4. The summed E-state index contributed by atoms with van der Waals surface area (Å²) in [5.41, 5.74) is 7.86. The predicted molar refractivity (Wildman–Crippen MR) is 97.0 cm³/mol. The molecule has 1 aliphatic carbocycles. The number of nitrogens with zero attached hydrogens (tertiary/aromatic N) is 3. The van der Waals surface area contributed by atoms with Gasteiger partial charge in [0.1, 0.15) is 5.82 Å². The Morgan fingerprint density at radius 2 is 1.96 bits per heavy atom. The second-order valence-corrected chi connectivity index (χ2v) is 7.24. The van der Waals surface area contributed by atoms with Gasteiger partial charge < -0.3 is 15.6 Å². The molecule has 1 fully saturated rings. The Morgan fingerprint density at radius 3 is 2.76 bits per heavy atom. The number of hydrogen-bond acceptors (Lipinski definition) is 4. The summed E-state index contributed by atoms with van der Waals surface area (Å²) in [6.07, 6.45) is 7.16. The molecule has 3 N–H and O–H groups in total. The van der Waals surface area contributed by atoms with Gasteiger partial charge >= 0.3 is 0 Å². The quantitative estimate of drug-likeness (QED) is 0.900. The Labute approximate surface area is 147 Å². The van der Waals surface area contributed by atoms with Crippen molar-refractivity contribution in [1.82, 2.24) is 14.8 Å². The molecule has 1 aromatic carbocycles. The molecule has 2 unspecified atom stereocenters. The molecule has 1 aromatic heterocycles. The van der Waals surface area contributed by atoms with E-state index in [-0.39, 0.29) is 17.9 Å². The van der Waals surface area contributed by atoms with E-state index in [0.29, 0.717) is 0 Å². The first kappa shape index (κ1) is 16.3. The van der Waals surface area contributed by atoms with E-state index in [2.05, 4.69) is 20.1 Å². The highest BCUT2D eigenvalue weighted by molar-refractivity contribution is 5.92. The molecule has 1 aliphatic heterocycles. The third-order valence-electron chi connectivity index (χ3n) is 5.36. The minimum absolute atomic E-state index is 0.0342. The number of hydrogen-bond donors (Lipinski definition) is 2. The van der Waals surface area contributed by atoms with Crippen molar-refractivity contribution in [3.8, 4) is 11.4 Å². The average Bonchev–Trinajstić information content (AvgIpc) is 3.06. The Balaban J connectivity index is 1.45. The van der Waals surface area contributed by atoms with Crippen LogP contribution in [0.2, 0.25) is 0 Å². The molecule has 0 radical (unpaired) electrons. The number of rotatable bonds is 3. The largest absolute Gasteiger partial charge is 0.328 e. The number of fused-ring (bicyclic) bond motifs is 1. The van der Waals surface area contributed by atoms with Crippen molar-refractivity contribution in [2.24, 2.45) is 11.7 Å². The van der Waals surface area contributed by atoms with Crippen LogP contribution in [0.4, 0.5) is 5.69 Å². The minimum atomic E-state index is 0.0342. The SMILES string of the molecule is NC1CCCC(C(=O)Nc2ccc(-c3nnc4n3CCCC4)cc2)C1. The zero-order chi connectivity index (χ0) is 17.2. The molecule has 0 saturated heterocycles. The lowest BCUT2D eigenvalue weighted by molar-refractivity contribution is -0.120. The van der Waals surface area contributed by atoms with Crippen LogP contribution < -0.4 is 11.1 Å². The molecule has 4 rings (SSSR count). The van der Waals surface area contributed by atoms with Gasteiger partial charge in [0.15, 0.2) is 5.82 Å². The van der Waals surface area contributed by atoms with Crippen molar-refractivity contribution < 1.29 is 4.79 Å². The second-order valence-electron chi connectivity index (χ2n) is 7.24. The van der Waals surface area contributed by atoms with Gasteiger partial charge in [-0.25, -0.2) is 0 Å². The van der Waals surface area contributed by atoms with E-state index in [1.807, 2.05) is 24.3 Å². The average molecular weight is 339 g/mol. The van der Waals surface area contributed by atoms with Gasteiger partial charge in [0.05, 0.1) is 0 Å². The number of nitrogens with one attached hydrogen (secondary N) is 1. The van der Waals surface area contributed by atoms with Gasteiger partial charge in [0.2, 0.25) is 5.91 Å². The van der Waals surface area contributed by atoms with Gasteiger partial charge in [0, 0.05) is 36.2 Å². The molecule has 0 spiro atoms. The van der Waals surface area contributed by atoms with E-state index in [4.69, 9.17) is 5.73 Å². The van der Waals surface area contributed by atoms with Crippen LogP contribution in [0.25, 0.3) is 11.4 Å². The third kappa shape index (κ3) is 3.44. The third-order valence-corrected chi connectivity index (χ3v) is 5.36. The van der Waals surface area contributed by atoms with Gasteiger partial charge in [-0.1, -0.05) is 6.42 Å².